The molecule has 1 amide bonds. The van der Waals surface area contributed by atoms with Gasteiger partial charge in [0.25, 0.3) is 5.91 Å². The molecule has 1 aromatic heterocycles. The van der Waals surface area contributed by atoms with Gasteiger partial charge in [0.1, 0.15) is 10.5 Å². The van der Waals surface area contributed by atoms with Crippen LogP contribution in [0.15, 0.2) is 35.4 Å². The summed E-state index contributed by atoms with van der Waals surface area (Å²) in [5.41, 5.74) is 5.61. The fraction of sp³-hybridized carbons (Fsp3) is 0.167. The standard InChI is InChI=1S/C12H13N3O5S/c1-19-7-8-3-2-4-9(5-8)21(17,18)20-12-10(11(13)16)6-14-15-12/h2-6H,7H2,1H3,(H2,13,16)(H,14,15). The summed E-state index contributed by atoms with van der Waals surface area (Å²) in [4.78, 5) is 11.0. The molecule has 21 heavy (non-hydrogen) atoms. The lowest BCUT2D eigenvalue weighted by molar-refractivity contribution is 0.0999. The number of carbonyl (C=O) groups excluding carboxylic acids is 1. The van der Waals surface area contributed by atoms with Crippen molar-refractivity contribution < 1.29 is 22.1 Å². The lowest BCUT2D eigenvalue weighted by atomic mass is 10.2. The summed E-state index contributed by atoms with van der Waals surface area (Å²) in [5.74, 6) is -1.17. The SMILES string of the molecule is COCc1cccc(S(=O)(=O)Oc2[nH]ncc2C(N)=O)c1. The molecule has 112 valence electrons. The summed E-state index contributed by atoms with van der Waals surface area (Å²) in [7, 11) is -2.61. The highest BCUT2D eigenvalue weighted by atomic mass is 32.2. The van der Waals surface area contributed by atoms with Gasteiger partial charge in [0, 0.05) is 7.11 Å². The predicted molar refractivity (Wildman–Crippen MR) is 72.1 cm³/mol. The van der Waals surface area contributed by atoms with Crippen LogP contribution in [0, 0.1) is 0 Å². The number of methoxy groups -OCH3 is 1. The third-order valence-corrected chi connectivity index (χ3v) is 3.78. The van der Waals surface area contributed by atoms with Gasteiger partial charge in [-0.15, -0.1) is 0 Å². The minimum absolute atomic E-state index is 0.0675. The maximum atomic E-state index is 12.2. The Balaban J connectivity index is 2.32. The van der Waals surface area contributed by atoms with Gasteiger partial charge in [0.05, 0.1) is 12.8 Å². The van der Waals surface area contributed by atoms with Crippen molar-refractivity contribution >= 4 is 16.0 Å². The van der Waals surface area contributed by atoms with Crippen LogP contribution in [0.5, 0.6) is 5.88 Å². The van der Waals surface area contributed by atoms with E-state index in [4.69, 9.17) is 14.7 Å². The molecule has 9 heteroatoms. The zero-order chi connectivity index (χ0) is 15.5. The van der Waals surface area contributed by atoms with Crippen molar-refractivity contribution in [2.24, 2.45) is 5.73 Å². The van der Waals surface area contributed by atoms with Crippen LogP contribution in [0.3, 0.4) is 0 Å². The smallest absolute Gasteiger partial charge is 0.340 e. The Morgan fingerprint density at radius 2 is 2.19 bits per heavy atom. The predicted octanol–water partition coefficient (Wildman–Crippen LogP) is 0.423. The van der Waals surface area contributed by atoms with E-state index < -0.39 is 16.0 Å². The molecular formula is C12H13N3O5S. The molecule has 0 bridgehead atoms. The topological polar surface area (TPSA) is 124 Å². The van der Waals surface area contributed by atoms with E-state index in [0.29, 0.717) is 5.56 Å². The van der Waals surface area contributed by atoms with Crippen molar-refractivity contribution in [2.45, 2.75) is 11.5 Å². The second-order valence-corrected chi connectivity index (χ2v) is 5.64. The number of rotatable bonds is 6. The van der Waals surface area contributed by atoms with Crippen LogP contribution in [0.4, 0.5) is 0 Å². The largest absolute Gasteiger partial charge is 0.380 e. The molecule has 0 aliphatic rings. The number of H-pyrrole nitrogens is 1. The Bertz CT molecular complexity index is 754. The van der Waals surface area contributed by atoms with E-state index in [1.165, 1.54) is 19.2 Å². The first-order valence-corrected chi connectivity index (χ1v) is 7.20. The van der Waals surface area contributed by atoms with Gasteiger partial charge < -0.3 is 14.7 Å². The summed E-state index contributed by atoms with van der Waals surface area (Å²) < 4.78 is 34.1. The van der Waals surface area contributed by atoms with Crippen molar-refractivity contribution in [3.8, 4) is 5.88 Å². The maximum Gasteiger partial charge on any atom is 0.340 e. The number of nitrogens with two attached hydrogens (primary N) is 1. The molecule has 2 rings (SSSR count). The van der Waals surface area contributed by atoms with E-state index in [9.17, 15) is 13.2 Å². The number of nitrogens with zero attached hydrogens (tertiary/aromatic N) is 1. The van der Waals surface area contributed by atoms with Gasteiger partial charge in [-0.3, -0.25) is 4.79 Å². The third-order valence-electron chi connectivity index (χ3n) is 2.56. The zero-order valence-corrected chi connectivity index (χ0v) is 11.9. The average Bonchev–Trinajstić information content (AvgIpc) is 2.87. The van der Waals surface area contributed by atoms with Gasteiger partial charge in [-0.05, 0) is 17.7 Å². The van der Waals surface area contributed by atoms with Crippen LogP contribution in [0.25, 0.3) is 0 Å². The Kier molecular flexibility index (Phi) is 4.24. The number of hydrogen-bond donors (Lipinski definition) is 2. The summed E-state index contributed by atoms with van der Waals surface area (Å²) in [5, 5.41) is 5.81. The van der Waals surface area contributed by atoms with Crippen LogP contribution >= 0.6 is 0 Å². The molecular weight excluding hydrogens is 298 g/mol. The molecule has 0 aliphatic carbocycles. The van der Waals surface area contributed by atoms with Crippen molar-refractivity contribution in [1.82, 2.24) is 10.2 Å². The second-order valence-electron chi connectivity index (χ2n) is 4.09. The number of nitrogens with one attached hydrogen (secondary N) is 1. The van der Waals surface area contributed by atoms with Crippen LogP contribution in [0.1, 0.15) is 15.9 Å². The highest BCUT2D eigenvalue weighted by molar-refractivity contribution is 7.87. The second kappa shape index (κ2) is 5.94. The summed E-state index contributed by atoms with van der Waals surface area (Å²) in [6.45, 7) is 0.264. The molecule has 0 saturated carbocycles. The van der Waals surface area contributed by atoms with E-state index in [2.05, 4.69) is 10.2 Å². The van der Waals surface area contributed by atoms with Crippen LogP contribution in [-0.2, 0) is 21.5 Å². The number of hydrogen-bond acceptors (Lipinski definition) is 6. The molecule has 0 fully saturated rings. The first kappa shape index (κ1) is 15.0. The van der Waals surface area contributed by atoms with E-state index in [1.807, 2.05) is 0 Å². The lowest BCUT2D eigenvalue weighted by Crippen LogP contribution is -2.15. The first-order valence-electron chi connectivity index (χ1n) is 5.79. The molecule has 0 unspecified atom stereocenters. The van der Waals surface area contributed by atoms with Crippen molar-refractivity contribution in [2.75, 3.05) is 7.11 Å². The highest BCUT2D eigenvalue weighted by Crippen LogP contribution is 2.20. The number of aromatic amines is 1. The molecule has 1 heterocycles. The Morgan fingerprint density at radius 3 is 2.86 bits per heavy atom. The number of aromatic nitrogens is 2. The van der Waals surface area contributed by atoms with Crippen LogP contribution in [-0.4, -0.2) is 31.6 Å². The number of ether oxygens (including phenoxy) is 1. The van der Waals surface area contributed by atoms with Gasteiger partial charge in [-0.1, -0.05) is 12.1 Å². The highest BCUT2D eigenvalue weighted by Gasteiger charge is 2.22. The fourth-order valence-electron chi connectivity index (χ4n) is 1.63. The van der Waals surface area contributed by atoms with E-state index >= 15 is 0 Å². The van der Waals surface area contributed by atoms with Gasteiger partial charge in [-0.2, -0.15) is 13.5 Å². The number of amides is 1. The molecule has 8 nitrogen and oxygen atoms in total. The average molecular weight is 311 g/mol. The molecule has 0 radical (unpaired) electrons. The summed E-state index contributed by atoms with van der Waals surface area (Å²) >= 11 is 0. The van der Waals surface area contributed by atoms with E-state index in [-0.39, 0.29) is 22.9 Å². The maximum absolute atomic E-state index is 12.2. The van der Waals surface area contributed by atoms with Gasteiger partial charge in [0.2, 0.25) is 5.88 Å². The Labute approximate surface area is 121 Å². The molecule has 2 aromatic rings. The molecule has 0 atom stereocenters. The third kappa shape index (κ3) is 3.38. The molecule has 0 aliphatic heterocycles. The first-order chi connectivity index (χ1) is 9.94. The van der Waals surface area contributed by atoms with Crippen molar-refractivity contribution in [1.29, 1.82) is 0 Å². The summed E-state index contributed by atoms with van der Waals surface area (Å²) in [6.07, 6.45) is 1.09. The van der Waals surface area contributed by atoms with Crippen molar-refractivity contribution in [3.05, 3.63) is 41.6 Å². The van der Waals surface area contributed by atoms with Crippen LogP contribution < -0.4 is 9.92 Å². The minimum Gasteiger partial charge on any atom is -0.380 e. The van der Waals surface area contributed by atoms with Gasteiger partial charge >= 0.3 is 10.1 Å². The quantitative estimate of drug-likeness (QED) is 0.745. The van der Waals surface area contributed by atoms with Crippen molar-refractivity contribution in [3.63, 3.8) is 0 Å². The van der Waals surface area contributed by atoms with E-state index in [0.717, 1.165) is 6.20 Å². The van der Waals surface area contributed by atoms with Gasteiger partial charge in [0.15, 0.2) is 0 Å². The Hall–Kier alpha value is -2.39. The molecule has 3 N–H and O–H groups in total. The van der Waals surface area contributed by atoms with Crippen LogP contribution in [0.2, 0.25) is 0 Å². The van der Waals surface area contributed by atoms with E-state index in [1.54, 1.807) is 12.1 Å². The summed E-state index contributed by atoms with van der Waals surface area (Å²) in [6, 6.07) is 6.06. The fourth-order valence-corrected chi connectivity index (χ4v) is 2.61. The lowest BCUT2D eigenvalue weighted by Gasteiger charge is -2.07. The normalized spacial score (nSPS) is 11.3. The number of primary amides is 1. The monoisotopic (exact) mass is 311 g/mol. The number of carbonyl (C=O) groups is 1. The molecule has 0 spiro atoms. The number of benzene rings is 1. The minimum atomic E-state index is -4.11. The molecule has 0 saturated heterocycles. The molecule has 1 aromatic carbocycles. The zero-order valence-electron chi connectivity index (χ0n) is 11.1. The Morgan fingerprint density at radius 1 is 1.43 bits per heavy atom. The van der Waals surface area contributed by atoms with Gasteiger partial charge in [-0.25, -0.2) is 5.10 Å².